The van der Waals surface area contributed by atoms with Crippen LogP contribution >= 0.6 is 0 Å². The third-order valence-electron chi connectivity index (χ3n) is 6.81. The molecule has 0 aromatic carbocycles. The molecule has 12 nitrogen and oxygen atoms in total. The highest BCUT2D eigenvalue weighted by Crippen LogP contribution is 2.29. The predicted octanol–water partition coefficient (Wildman–Crippen LogP) is 0.0453. The van der Waals surface area contributed by atoms with Gasteiger partial charge in [0.25, 0.3) is 0 Å². The van der Waals surface area contributed by atoms with E-state index in [4.69, 9.17) is 18.9 Å². The van der Waals surface area contributed by atoms with E-state index in [0.717, 1.165) is 19.3 Å². The lowest BCUT2D eigenvalue weighted by Gasteiger charge is -2.45. The molecule has 12 heteroatoms. The Kier molecular flexibility index (Phi) is 15.1. The van der Waals surface area contributed by atoms with Crippen molar-refractivity contribution in [1.29, 1.82) is 0 Å². The van der Waals surface area contributed by atoms with Crippen molar-refractivity contribution in [3.05, 3.63) is 0 Å². The van der Waals surface area contributed by atoms with Crippen LogP contribution < -0.4 is 0 Å². The normalized spacial score (nSPS) is 37.3. The molecule has 214 valence electrons. The second-order valence-electron chi connectivity index (χ2n) is 9.68. The molecule has 36 heavy (non-hydrogen) atoms. The molecule has 0 aromatic heterocycles. The Morgan fingerprint density at radius 1 is 0.639 bits per heavy atom. The second kappa shape index (κ2) is 17.2. The molecule has 0 aromatic rings. The van der Waals surface area contributed by atoms with Gasteiger partial charge in [-0.2, -0.15) is 0 Å². The maximum Gasteiger partial charge on any atom is 0.193 e. The molecule has 2 saturated heterocycles. The molecule has 0 unspecified atom stereocenters. The predicted molar refractivity (Wildman–Crippen MR) is 126 cm³/mol. The Labute approximate surface area is 212 Å². The van der Waals surface area contributed by atoms with E-state index in [9.17, 15) is 35.9 Å². The number of rotatable bonds is 17. The molecular weight excluding hydrogens is 480 g/mol. The van der Waals surface area contributed by atoms with Crippen molar-refractivity contribution < 1.29 is 59.7 Å². The summed E-state index contributed by atoms with van der Waals surface area (Å²) in [5.41, 5.74) is 0. The lowest BCUT2D eigenvalue weighted by molar-refractivity contribution is -0.419. The fourth-order valence-corrected chi connectivity index (χ4v) is 4.47. The maximum atomic E-state index is 10.4. The summed E-state index contributed by atoms with van der Waals surface area (Å²) in [7, 11) is 0. The van der Waals surface area contributed by atoms with Gasteiger partial charge >= 0.3 is 0 Å². The fraction of sp³-hybridized carbons (Fsp3) is 1.00. The molecule has 2 rings (SSSR count). The van der Waals surface area contributed by atoms with Gasteiger partial charge in [0.1, 0.15) is 42.7 Å². The van der Waals surface area contributed by atoms with Crippen LogP contribution in [0.2, 0.25) is 0 Å². The number of ether oxygens (including phenoxy) is 4. The monoisotopic (exact) mass is 526 g/mol. The molecule has 0 spiro atoms. The Hall–Kier alpha value is -0.480. The topological polar surface area (TPSA) is 188 Å². The lowest BCUT2D eigenvalue weighted by atomic mass is 9.98. The van der Waals surface area contributed by atoms with E-state index in [-0.39, 0.29) is 6.61 Å². The third-order valence-corrected chi connectivity index (χ3v) is 6.81. The molecule has 2 aliphatic rings. The number of aliphatic hydroxyl groups excluding tert-OH is 6. The largest absolute Gasteiger partial charge is 0.394 e. The van der Waals surface area contributed by atoms with Crippen LogP contribution in [0.5, 0.6) is 0 Å². The van der Waals surface area contributed by atoms with Gasteiger partial charge in [0.2, 0.25) is 0 Å². The second-order valence-corrected chi connectivity index (χ2v) is 9.68. The Bertz CT molecular complexity index is 567. The summed E-state index contributed by atoms with van der Waals surface area (Å²) in [5.74, 6) is 0. The molecule has 2 heterocycles. The van der Waals surface area contributed by atoms with Gasteiger partial charge < -0.3 is 49.6 Å². The fourth-order valence-electron chi connectivity index (χ4n) is 4.47. The van der Waals surface area contributed by atoms with E-state index in [0.29, 0.717) is 6.61 Å². The number of unbranched alkanes of at least 4 members (excludes halogenated alkanes) is 9. The van der Waals surface area contributed by atoms with Crippen LogP contribution in [0.25, 0.3) is 0 Å². The Balaban J connectivity index is 1.75. The summed E-state index contributed by atoms with van der Waals surface area (Å²) in [6, 6.07) is 0. The average molecular weight is 527 g/mol. The number of hydrogen-bond acceptors (Lipinski definition) is 12. The first-order valence-corrected chi connectivity index (χ1v) is 13.2. The molecule has 0 aliphatic carbocycles. The van der Waals surface area contributed by atoms with Crippen LogP contribution in [0.1, 0.15) is 71.1 Å². The van der Waals surface area contributed by atoms with Gasteiger partial charge in [-0.1, -0.05) is 64.7 Å². The van der Waals surface area contributed by atoms with Gasteiger partial charge in [0, 0.05) is 6.61 Å². The third kappa shape index (κ3) is 9.37. The van der Waals surface area contributed by atoms with E-state index in [1.165, 1.54) is 44.9 Å². The van der Waals surface area contributed by atoms with E-state index in [2.05, 4.69) is 11.8 Å². The lowest BCUT2D eigenvalue weighted by Crippen LogP contribution is -2.64. The number of hydrogen-bond donors (Lipinski definition) is 7. The quantitative estimate of drug-likeness (QED) is 0.0767. The van der Waals surface area contributed by atoms with Gasteiger partial charge in [-0.05, 0) is 6.42 Å². The summed E-state index contributed by atoms with van der Waals surface area (Å²) in [5, 5.41) is 69.3. The summed E-state index contributed by atoms with van der Waals surface area (Å²) in [6.07, 6.45) is -3.11. The summed E-state index contributed by atoms with van der Waals surface area (Å²) in [4.78, 5) is 4.23. The van der Waals surface area contributed by atoms with Crippen molar-refractivity contribution in [3.63, 3.8) is 0 Å². The van der Waals surface area contributed by atoms with Gasteiger partial charge in [0.15, 0.2) is 18.7 Å². The van der Waals surface area contributed by atoms with Crippen molar-refractivity contribution in [3.8, 4) is 0 Å². The molecule has 0 bridgehead atoms. The van der Waals surface area contributed by atoms with Crippen LogP contribution in [0.3, 0.4) is 0 Å². The first-order chi connectivity index (χ1) is 17.3. The van der Waals surface area contributed by atoms with Crippen molar-refractivity contribution in [2.75, 3.05) is 19.8 Å². The minimum absolute atomic E-state index is 0.0671. The van der Waals surface area contributed by atoms with Crippen molar-refractivity contribution in [1.82, 2.24) is 0 Å². The van der Waals surface area contributed by atoms with Gasteiger partial charge in [-0.25, -0.2) is 4.89 Å². The molecule has 2 aliphatic heterocycles. The number of aliphatic hydroxyl groups is 6. The molecule has 7 N–H and O–H groups in total. The van der Waals surface area contributed by atoms with E-state index >= 15 is 0 Å². The summed E-state index contributed by atoms with van der Waals surface area (Å²) >= 11 is 0. The van der Waals surface area contributed by atoms with Crippen molar-refractivity contribution in [2.24, 2.45) is 0 Å². The standard InChI is InChI=1S/C24H46O12/c1-2-3-4-5-6-7-8-9-10-11-12-32-14-16-18(27)20(29)22(36-31)24(34-16)35-23-21(30)19(28)17(26)15(13-25)33-23/h15-31H,2-14H2,1H3/t15-,16-,17-,18-,19+,20+,21-,22-,23-,24-/m1/s1. The minimum atomic E-state index is -1.72. The highest BCUT2D eigenvalue weighted by molar-refractivity contribution is 4.92. The first-order valence-electron chi connectivity index (χ1n) is 13.2. The van der Waals surface area contributed by atoms with Crippen molar-refractivity contribution in [2.45, 2.75) is 133 Å². The van der Waals surface area contributed by atoms with Crippen LogP contribution in [-0.4, -0.2) is 117 Å². The average Bonchev–Trinajstić information content (AvgIpc) is 2.87. The van der Waals surface area contributed by atoms with Crippen LogP contribution in [0.4, 0.5) is 0 Å². The van der Waals surface area contributed by atoms with E-state index in [1.807, 2.05) is 0 Å². The SMILES string of the molecule is CCCCCCCCCCCCOC[C@H]1O[C@H](O[C@H]2O[C@H](CO)[C@@H](O)[C@H](O)[C@H]2O)[C@H](OO)[C@@H](O)[C@@H]1O. The highest BCUT2D eigenvalue weighted by atomic mass is 17.1. The van der Waals surface area contributed by atoms with Crippen LogP contribution in [0, 0.1) is 0 Å². The molecule has 0 amide bonds. The molecule has 2 fully saturated rings. The van der Waals surface area contributed by atoms with E-state index in [1.54, 1.807) is 0 Å². The summed E-state index contributed by atoms with van der Waals surface area (Å²) in [6.45, 7) is 1.93. The maximum absolute atomic E-state index is 10.4. The zero-order valence-corrected chi connectivity index (χ0v) is 21.1. The molecule has 0 radical (unpaired) electrons. The van der Waals surface area contributed by atoms with Gasteiger partial charge in [-0.15, -0.1) is 0 Å². The minimum Gasteiger partial charge on any atom is -0.394 e. The van der Waals surface area contributed by atoms with Gasteiger partial charge in [0.05, 0.1) is 13.2 Å². The Morgan fingerprint density at radius 3 is 1.78 bits per heavy atom. The smallest absolute Gasteiger partial charge is 0.193 e. The summed E-state index contributed by atoms with van der Waals surface area (Å²) < 4.78 is 22.0. The highest BCUT2D eigenvalue weighted by Gasteiger charge is 2.50. The van der Waals surface area contributed by atoms with Crippen molar-refractivity contribution >= 4 is 0 Å². The zero-order chi connectivity index (χ0) is 26.5. The van der Waals surface area contributed by atoms with Gasteiger partial charge in [-0.3, -0.25) is 5.26 Å². The van der Waals surface area contributed by atoms with Crippen LogP contribution in [0.15, 0.2) is 0 Å². The molecular formula is C24H46O12. The molecule has 0 saturated carbocycles. The zero-order valence-electron chi connectivity index (χ0n) is 21.1. The first kappa shape index (κ1) is 31.7. The molecule has 10 atom stereocenters. The van der Waals surface area contributed by atoms with E-state index < -0.39 is 68.0 Å². The van der Waals surface area contributed by atoms with Crippen LogP contribution in [-0.2, 0) is 23.8 Å². The Morgan fingerprint density at radius 2 is 1.19 bits per heavy atom.